The minimum Gasteiger partial charge on any atom is -0.302 e. The Kier molecular flexibility index (Phi) is 3.76. The molecule has 1 aliphatic carbocycles. The summed E-state index contributed by atoms with van der Waals surface area (Å²) >= 11 is 1.77. The average Bonchev–Trinajstić information content (AvgIpc) is 3.16. The van der Waals surface area contributed by atoms with Crippen LogP contribution in [-0.4, -0.2) is 18.3 Å². The molecule has 1 unspecified atom stereocenters. The number of hydrogen-bond acceptors (Lipinski definition) is 3. The van der Waals surface area contributed by atoms with E-state index in [4.69, 9.17) is 0 Å². The fourth-order valence-corrected chi connectivity index (χ4v) is 3.33. The number of nitrogens with one attached hydrogen (secondary N) is 1. The van der Waals surface area contributed by atoms with Gasteiger partial charge in [0, 0.05) is 10.6 Å². The van der Waals surface area contributed by atoms with E-state index in [1.165, 1.54) is 23.3 Å². The van der Waals surface area contributed by atoms with Gasteiger partial charge in [0.1, 0.15) is 5.54 Å². The number of rotatable bonds is 5. The third kappa shape index (κ3) is 2.83. The normalized spacial score (nSPS) is 18.4. The first kappa shape index (κ1) is 12.5. The molecule has 1 aliphatic rings. The Morgan fingerprint density at radius 3 is 2.82 bits per heavy atom. The van der Waals surface area contributed by atoms with Crippen LogP contribution in [0.25, 0.3) is 0 Å². The molecule has 1 atom stereocenters. The first-order valence-corrected chi connectivity index (χ1v) is 6.98. The molecule has 3 heteroatoms. The first-order valence-electron chi connectivity index (χ1n) is 6.00. The lowest BCUT2D eigenvalue weighted by molar-refractivity contribution is 0.441. The van der Waals surface area contributed by atoms with Crippen molar-refractivity contribution < 1.29 is 0 Å². The van der Waals surface area contributed by atoms with Crippen molar-refractivity contribution >= 4 is 11.8 Å². The number of benzene rings is 1. The van der Waals surface area contributed by atoms with Gasteiger partial charge in [0.15, 0.2) is 0 Å². The van der Waals surface area contributed by atoms with Gasteiger partial charge >= 0.3 is 0 Å². The second kappa shape index (κ2) is 5.12. The summed E-state index contributed by atoms with van der Waals surface area (Å²) in [5.41, 5.74) is 0.933. The number of hydrogen-bond donors (Lipinski definition) is 1. The maximum Gasteiger partial charge on any atom is 0.118 e. The maximum atomic E-state index is 9.39. The summed E-state index contributed by atoms with van der Waals surface area (Å²) in [6.45, 7) is 2.10. The van der Waals surface area contributed by atoms with E-state index in [1.54, 1.807) is 11.8 Å². The molecule has 2 rings (SSSR count). The van der Waals surface area contributed by atoms with Crippen molar-refractivity contribution in [3.8, 4) is 6.07 Å². The molecule has 1 aromatic carbocycles. The Labute approximate surface area is 107 Å². The molecule has 0 spiro atoms. The Morgan fingerprint density at radius 1 is 1.53 bits per heavy atom. The van der Waals surface area contributed by atoms with Crippen LogP contribution < -0.4 is 5.32 Å². The van der Waals surface area contributed by atoms with Gasteiger partial charge in [0.05, 0.1) is 6.07 Å². The van der Waals surface area contributed by atoms with Gasteiger partial charge in [0.25, 0.3) is 0 Å². The molecule has 0 aromatic heterocycles. The minimum absolute atomic E-state index is 0.339. The molecular weight excluding hydrogens is 228 g/mol. The van der Waals surface area contributed by atoms with Crippen LogP contribution in [0.2, 0.25) is 0 Å². The van der Waals surface area contributed by atoms with Gasteiger partial charge in [-0.05, 0) is 44.9 Å². The molecule has 0 radical (unpaired) electrons. The topological polar surface area (TPSA) is 35.8 Å². The molecule has 17 heavy (non-hydrogen) atoms. The molecule has 2 nitrogen and oxygen atoms in total. The Bertz CT molecular complexity index is 434. The van der Waals surface area contributed by atoms with Crippen molar-refractivity contribution in [3.63, 3.8) is 0 Å². The van der Waals surface area contributed by atoms with Crippen molar-refractivity contribution in [1.82, 2.24) is 5.32 Å². The van der Waals surface area contributed by atoms with Gasteiger partial charge in [-0.15, -0.1) is 11.8 Å². The third-order valence-corrected chi connectivity index (χ3v) is 4.56. The number of aryl methyl sites for hydroxylation is 1. The van der Waals surface area contributed by atoms with Crippen LogP contribution in [0.4, 0.5) is 0 Å². The van der Waals surface area contributed by atoms with E-state index in [2.05, 4.69) is 42.6 Å². The van der Waals surface area contributed by atoms with Crippen LogP contribution in [0.5, 0.6) is 0 Å². The highest BCUT2D eigenvalue weighted by atomic mass is 32.2. The zero-order valence-corrected chi connectivity index (χ0v) is 11.2. The minimum atomic E-state index is -0.339. The zero-order valence-electron chi connectivity index (χ0n) is 10.4. The molecular formula is C14H18N2S. The van der Waals surface area contributed by atoms with Gasteiger partial charge in [0.2, 0.25) is 0 Å². The Balaban J connectivity index is 2.03. The monoisotopic (exact) mass is 246 g/mol. The largest absolute Gasteiger partial charge is 0.302 e. The quantitative estimate of drug-likeness (QED) is 0.811. The van der Waals surface area contributed by atoms with Crippen LogP contribution in [0, 0.1) is 24.2 Å². The summed E-state index contributed by atoms with van der Waals surface area (Å²) in [6.07, 6.45) is 2.37. The molecule has 0 amide bonds. The first-order chi connectivity index (χ1) is 8.20. The summed E-state index contributed by atoms with van der Waals surface area (Å²) in [5, 5.41) is 12.6. The fraction of sp³-hybridized carbons (Fsp3) is 0.500. The van der Waals surface area contributed by atoms with Crippen molar-refractivity contribution in [3.05, 3.63) is 29.8 Å². The lowest BCUT2D eigenvalue weighted by Gasteiger charge is -2.25. The van der Waals surface area contributed by atoms with Crippen LogP contribution in [-0.2, 0) is 0 Å². The lowest BCUT2D eigenvalue weighted by atomic mass is 9.98. The van der Waals surface area contributed by atoms with Crippen LogP contribution in [0.15, 0.2) is 29.2 Å². The van der Waals surface area contributed by atoms with Gasteiger partial charge in [-0.1, -0.05) is 17.7 Å². The standard InChI is InChI=1S/C14H18N2S/c1-11-4-3-5-13(8-11)17-10-14(9-15,16-2)12-6-7-12/h3-5,8,12,16H,6-7,10H2,1-2H3. The zero-order chi connectivity index (χ0) is 12.3. The van der Waals surface area contributed by atoms with E-state index in [9.17, 15) is 5.26 Å². The summed E-state index contributed by atoms with van der Waals surface area (Å²) in [5.74, 6) is 1.36. The van der Waals surface area contributed by atoms with E-state index in [1.807, 2.05) is 7.05 Å². The van der Waals surface area contributed by atoms with Gasteiger partial charge in [-0.25, -0.2) is 0 Å². The van der Waals surface area contributed by atoms with E-state index in [0.717, 1.165) is 5.75 Å². The van der Waals surface area contributed by atoms with E-state index >= 15 is 0 Å². The van der Waals surface area contributed by atoms with E-state index in [-0.39, 0.29) is 5.54 Å². The maximum absolute atomic E-state index is 9.39. The second-order valence-electron chi connectivity index (χ2n) is 4.71. The SMILES string of the molecule is CNC(C#N)(CSc1cccc(C)c1)C1CC1. The van der Waals surface area contributed by atoms with E-state index < -0.39 is 0 Å². The molecule has 90 valence electrons. The van der Waals surface area contributed by atoms with Crippen molar-refractivity contribution in [2.24, 2.45) is 5.92 Å². The average molecular weight is 246 g/mol. The molecule has 1 saturated carbocycles. The summed E-state index contributed by atoms with van der Waals surface area (Å²) < 4.78 is 0. The molecule has 1 fully saturated rings. The fourth-order valence-electron chi connectivity index (χ4n) is 2.05. The third-order valence-electron chi connectivity index (χ3n) is 3.38. The number of nitriles is 1. The van der Waals surface area contributed by atoms with Crippen molar-refractivity contribution in [1.29, 1.82) is 5.26 Å². The van der Waals surface area contributed by atoms with Crippen molar-refractivity contribution in [2.75, 3.05) is 12.8 Å². The second-order valence-corrected chi connectivity index (χ2v) is 5.76. The molecule has 0 bridgehead atoms. The highest BCUT2D eigenvalue weighted by Gasteiger charge is 2.44. The lowest BCUT2D eigenvalue weighted by Crippen LogP contribution is -2.46. The Hall–Kier alpha value is -0.980. The summed E-state index contributed by atoms with van der Waals surface area (Å²) in [6, 6.07) is 10.9. The summed E-state index contributed by atoms with van der Waals surface area (Å²) in [7, 11) is 1.90. The number of thioether (sulfide) groups is 1. The van der Waals surface area contributed by atoms with Crippen LogP contribution in [0.1, 0.15) is 18.4 Å². The van der Waals surface area contributed by atoms with Crippen LogP contribution >= 0.6 is 11.8 Å². The van der Waals surface area contributed by atoms with Crippen LogP contribution in [0.3, 0.4) is 0 Å². The molecule has 0 saturated heterocycles. The van der Waals surface area contributed by atoms with Gasteiger partial charge in [-0.3, -0.25) is 0 Å². The molecule has 1 N–H and O–H groups in total. The Morgan fingerprint density at radius 2 is 2.29 bits per heavy atom. The van der Waals surface area contributed by atoms with Gasteiger partial charge < -0.3 is 5.32 Å². The van der Waals surface area contributed by atoms with Gasteiger partial charge in [-0.2, -0.15) is 5.26 Å². The molecule has 0 heterocycles. The highest BCUT2D eigenvalue weighted by Crippen LogP contribution is 2.41. The summed E-state index contributed by atoms with van der Waals surface area (Å²) in [4.78, 5) is 1.25. The predicted molar refractivity (Wildman–Crippen MR) is 72.0 cm³/mol. The smallest absolute Gasteiger partial charge is 0.118 e. The molecule has 0 aliphatic heterocycles. The predicted octanol–water partition coefficient (Wildman–Crippen LogP) is 2.98. The molecule has 1 aromatic rings. The van der Waals surface area contributed by atoms with Crippen molar-refractivity contribution in [2.45, 2.75) is 30.2 Å². The highest BCUT2D eigenvalue weighted by molar-refractivity contribution is 7.99. The van der Waals surface area contributed by atoms with E-state index in [0.29, 0.717) is 5.92 Å². The number of nitrogens with zero attached hydrogens (tertiary/aromatic N) is 1.